The van der Waals surface area contributed by atoms with Crippen molar-refractivity contribution in [1.82, 2.24) is 9.97 Å². The van der Waals surface area contributed by atoms with Gasteiger partial charge < -0.3 is 10.5 Å². The van der Waals surface area contributed by atoms with E-state index in [2.05, 4.69) is 14.7 Å². The van der Waals surface area contributed by atoms with Crippen LogP contribution in [0.1, 0.15) is 27.2 Å². The van der Waals surface area contributed by atoms with Crippen LogP contribution in [0.5, 0.6) is 0 Å². The van der Waals surface area contributed by atoms with Crippen molar-refractivity contribution < 1.29 is 35.9 Å². The van der Waals surface area contributed by atoms with E-state index >= 15 is 0 Å². The second-order valence-corrected chi connectivity index (χ2v) is 4.78. The van der Waals surface area contributed by atoms with Crippen LogP contribution in [0, 0.1) is 0 Å². The lowest BCUT2D eigenvalue weighted by molar-refractivity contribution is -0.143. The smallest absolute Gasteiger partial charge is 0.416 e. The first-order valence-corrected chi connectivity index (χ1v) is 6.50. The number of hydrogen-bond acceptors (Lipinski definition) is 5. The Balaban J connectivity index is 2.27. The van der Waals surface area contributed by atoms with Gasteiger partial charge in [0, 0.05) is 12.4 Å². The quantitative estimate of drug-likeness (QED) is 0.666. The number of nitrogens with zero attached hydrogens (tertiary/aromatic N) is 2. The van der Waals surface area contributed by atoms with Crippen LogP contribution in [-0.2, 0) is 23.7 Å². The molecular formula is C14H9F6N3O2. The van der Waals surface area contributed by atoms with Crippen LogP contribution in [0.3, 0.4) is 0 Å². The summed E-state index contributed by atoms with van der Waals surface area (Å²) in [7, 11) is 0. The largest absolute Gasteiger partial charge is 0.456 e. The molecule has 0 spiro atoms. The minimum Gasteiger partial charge on any atom is -0.456 e. The number of carbonyl (C=O) groups excluding carboxylic acids is 1. The summed E-state index contributed by atoms with van der Waals surface area (Å²) in [5, 5.41) is 0. The summed E-state index contributed by atoms with van der Waals surface area (Å²) in [6.45, 7) is -0.832. The molecule has 0 radical (unpaired) electrons. The van der Waals surface area contributed by atoms with E-state index in [1.54, 1.807) is 0 Å². The van der Waals surface area contributed by atoms with Crippen molar-refractivity contribution in [2.75, 3.05) is 5.73 Å². The number of esters is 1. The first-order chi connectivity index (χ1) is 11.5. The molecule has 0 aliphatic rings. The molecule has 1 aromatic carbocycles. The molecule has 11 heteroatoms. The fraction of sp³-hybridized carbons (Fsp3) is 0.214. The maximum atomic E-state index is 12.7. The fourth-order valence-corrected chi connectivity index (χ4v) is 1.83. The maximum Gasteiger partial charge on any atom is 0.416 e. The molecule has 25 heavy (non-hydrogen) atoms. The van der Waals surface area contributed by atoms with E-state index < -0.39 is 47.3 Å². The summed E-state index contributed by atoms with van der Waals surface area (Å²) in [5.74, 6) is -1.41. The van der Waals surface area contributed by atoms with Crippen molar-refractivity contribution in [2.45, 2.75) is 19.0 Å². The zero-order chi connectivity index (χ0) is 18.8. The van der Waals surface area contributed by atoms with Crippen molar-refractivity contribution in [3.05, 3.63) is 53.0 Å². The minimum atomic E-state index is -4.99. The standard InChI is InChI=1S/C14H9F6N3O2/c15-13(16,17)8-3-7(4-9(5-8)14(18,19)20)6-25-12(24)10-11(21)23-2-1-22-10/h1-5H,6H2,(H2,21,23). The lowest BCUT2D eigenvalue weighted by Gasteiger charge is -2.14. The van der Waals surface area contributed by atoms with Gasteiger partial charge in [-0.15, -0.1) is 0 Å². The van der Waals surface area contributed by atoms with Gasteiger partial charge >= 0.3 is 18.3 Å². The SMILES string of the molecule is Nc1nccnc1C(=O)OCc1cc(C(F)(F)F)cc(C(F)(F)F)c1. The predicted octanol–water partition coefficient (Wildman–Crippen LogP) is 3.45. The average molecular weight is 365 g/mol. The molecule has 2 rings (SSSR count). The third kappa shape index (κ3) is 4.58. The summed E-state index contributed by atoms with van der Waals surface area (Å²) in [5.41, 5.74) is 1.48. The zero-order valence-corrected chi connectivity index (χ0v) is 12.1. The summed E-state index contributed by atoms with van der Waals surface area (Å²) < 4.78 is 81.1. The van der Waals surface area contributed by atoms with E-state index in [1.807, 2.05) is 0 Å². The number of hydrogen-bond donors (Lipinski definition) is 1. The van der Waals surface area contributed by atoms with Crippen LogP contribution < -0.4 is 5.73 Å². The van der Waals surface area contributed by atoms with Gasteiger partial charge in [-0.3, -0.25) is 0 Å². The Morgan fingerprint density at radius 3 is 1.96 bits per heavy atom. The molecule has 0 unspecified atom stereocenters. The normalized spacial score (nSPS) is 12.1. The monoisotopic (exact) mass is 365 g/mol. The molecule has 2 N–H and O–H groups in total. The van der Waals surface area contributed by atoms with Crippen LogP contribution in [-0.4, -0.2) is 15.9 Å². The number of rotatable bonds is 3. The molecule has 0 saturated heterocycles. The van der Waals surface area contributed by atoms with E-state index in [9.17, 15) is 31.1 Å². The van der Waals surface area contributed by atoms with Crippen molar-refractivity contribution in [1.29, 1.82) is 0 Å². The van der Waals surface area contributed by atoms with Gasteiger partial charge in [0.2, 0.25) is 0 Å². The second-order valence-electron chi connectivity index (χ2n) is 4.78. The van der Waals surface area contributed by atoms with Crippen LogP contribution in [0.25, 0.3) is 0 Å². The van der Waals surface area contributed by atoms with E-state index in [4.69, 9.17) is 5.73 Å². The third-order valence-corrected chi connectivity index (χ3v) is 2.94. The summed E-state index contributed by atoms with van der Waals surface area (Å²) in [4.78, 5) is 18.9. The molecule has 0 atom stereocenters. The van der Waals surface area contributed by atoms with Crippen LogP contribution >= 0.6 is 0 Å². The highest BCUT2D eigenvalue weighted by atomic mass is 19.4. The van der Waals surface area contributed by atoms with Crippen LogP contribution in [0.2, 0.25) is 0 Å². The lowest BCUT2D eigenvalue weighted by Crippen LogP contribution is -2.14. The summed E-state index contributed by atoms with van der Waals surface area (Å²) in [6.07, 6.45) is -7.67. The first kappa shape index (κ1) is 18.5. The Morgan fingerprint density at radius 1 is 0.960 bits per heavy atom. The number of aromatic nitrogens is 2. The van der Waals surface area contributed by atoms with Gasteiger partial charge in [0.15, 0.2) is 11.5 Å². The molecule has 0 aliphatic heterocycles. The van der Waals surface area contributed by atoms with Gasteiger partial charge in [-0.1, -0.05) is 0 Å². The number of alkyl halides is 6. The van der Waals surface area contributed by atoms with Crippen molar-refractivity contribution in [3.8, 4) is 0 Å². The topological polar surface area (TPSA) is 78.1 Å². The van der Waals surface area contributed by atoms with Crippen LogP contribution in [0.15, 0.2) is 30.6 Å². The van der Waals surface area contributed by atoms with Gasteiger partial charge in [-0.25, -0.2) is 14.8 Å². The molecule has 2 aromatic rings. The molecule has 0 amide bonds. The molecule has 0 bridgehead atoms. The minimum absolute atomic E-state index is 0.0218. The van der Waals surface area contributed by atoms with Gasteiger partial charge in [0.1, 0.15) is 6.61 Å². The molecule has 5 nitrogen and oxygen atoms in total. The second kappa shape index (κ2) is 6.57. The highest BCUT2D eigenvalue weighted by Gasteiger charge is 2.37. The van der Waals surface area contributed by atoms with Gasteiger partial charge in [0.05, 0.1) is 11.1 Å². The molecule has 0 aliphatic carbocycles. The van der Waals surface area contributed by atoms with Crippen molar-refractivity contribution in [3.63, 3.8) is 0 Å². The summed E-state index contributed by atoms with van der Waals surface area (Å²) >= 11 is 0. The predicted molar refractivity (Wildman–Crippen MR) is 72.0 cm³/mol. The van der Waals surface area contributed by atoms with E-state index in [0.29, 0.717) is 12.1 Å². The summed E-state index contributed by atoms with van der Waals surface area (Å²) in [6, 6.07) is 0.900. The number of benzene rings is 1. The number of anilines is 1. The number of nitrogens with two attached hydrogens (primary N) is 1. The zero-order valence-electron chi connectivity index (χ0n) is 12.1. The molecule has 134 valence electrons. The van der Waals surface area contributed by atoms with Crippen LogP contribution in [0.4, 0.5) is 32.2 Å². The highest BCUT2D eigenvalue weighted by Crippen LogP contribution is 2.36. The Kier molecular flexibility index (Phi) is 4.86. The molecule has 1 aromatic heterocycles. The van der Waals surface area contributed by atoms with Gasteiger partial charge in [-0.05, 0) is 23.8 Å². The van der Waals surface area contributed by atoms with Crippen molar-refractivity contribution >= 4 is 11.8 Å². The number of carbonyl (C=O) groups is 1. The Labute approximate surface area is 136 Å². The highest BCUT2D eigenvalue weighted by molar-refractivity contribution is 5.91. The fourth-order valence-electron chi connectivity index (χ4n) is 1.83. The van der Waals surface area contributed by atoms with Crippen molar-refractivity contribution in [2.24, 2.45) is 0 Å². The molecular weight excluding hydrogens is 356 g/mol. The lowest BCUT2D eigenvalue weighted by atomic mass is 10.1. The van der Waals surface area contributed by atoms with E-state index in [1.165, 1.54) is 6.20 Å². The number of nitrogen functional groups attached to an aromatic ring is 1. The Morgan fingerprint density at radius 2 is 1.48 bits per heavy atom. The van der Waals surface area contributed by atoms with Gasteiger partial charge in [-0.2, -0.15) is 26.3 Å². The molecule has 0 fully saturated rings. The van der Waals surface area contributed by atoms with E-state index in [0.717, 1.165) is 6.20 Å². The maximum absolute atomic E-state index is 12.7. The first-order valence-electron chi connectivity index (χ1n) is 6.50. The number of halogens is 6. The average Bonchev–Trinajstić information content (AvgIpc) is 2.51. The molecule has 0 saturated carbocycles. The molecule has 1 heterocycles. The Bertz CT molecular complexity index is 757. The van der Waals surface area contributed by atoms with Gasteiger partial charge in [0.25, 0.3) is 0 Å². The third-order valence-electron chi connectivity index (χ3n) is 2.94. The Hall–Kier alpha value is -2.85. The van der Waals surface area contributed by atoms with E-state index in [-0.39, 0.29) is 11.9 Å². The number of ether oxygens (including phenoxy) is 1.